The smallest absolute Gasteiger partial charge is 0.418 e. The molecule has 1 aromatic carbocycles. The lowest BCUT2D eigenvalue weighted by Crippen LogP contribution is -2.46. The summed E-state index contributed by atoms with van der Waals surface area (Å²) < 4.78 is 66.1. The van der Waals surface area contributed by atoms with Gasteiger partial charge in [0.25, 0.3) is 0 Å². The average Bonchev–Trinajstić information content (AvgIpc) is 3.60. The van der Waals surface area contributed by atoms with Crippen LogP contribution in [0.15, 0.2) is 24.4 Å². The van der Waals surface area contributed by atoms with Gasteiger partial charge in [-0.05, 0) is 88.5 Å². The summed E-state index contributed by atoms with van der Waals surface area (Å²) in [6.45, 7) is 5.80. The van der Waals surface area contributed by atoms with Crippen molar-refractivity contribution in [3.05, 3.63) is 57.5 Å². The van der Waals surface area contributed by atoms with E-state index in [-0.39, 0.29) is 29.6 Å². The van der Waals surface area contributed by atoms with Gasteiger partial charge in [0.15, 0.2) is 0 Å². The van der Waals surface area contributed by atoms with E-state index in [0.29, 0.717) is 25.3 Å². The summed E-state index contributed by atoms with van der Waals surface area (Å²) in [7, 11) is 0. The van der Waals surface area contributed by atoms with E-state index in [9.17, 15) is 18.0 Å². The normalized spacial score (nSPS) is 23.9. The van der Waals surface area contributed by atoms with E-state index in [4.69, 9.17) is 21.1 Å². The molecule has 3 atom stereocenters. The van der Waals surface area contributed by atoms with Crippen molar-refractivity contribution in [3.8, 4) is 5.88 Å². The Balaban J connectivity index is 1.30. The quantitative estimate of drug-likeness (QED) is 0.277. The number of pyridine rings is 1. The van der Waals surface area contributed by atoms with Crippen molar-refractivity contribution in [2.75, 3.05) is 0 Å². The standard InChI is InChI=1S/C28H31ClF4N2O3/c1-27(2,3)38-26(36)21-11-20(15-4-5-15)16(8-24(21)30)14-35-17-6-7-18(35)10-19(9-17)37-25-12-22(28(31,32)33)23(29)13-34-25/h8,11-13,15,17-19H,4-7,9-10,14H2,1-3H3/t17-,18+,19-. The molecule has 3 aliphatic rings. The van der Waals surface area contributed by atoms with Gasteiger partial charge in [0, 0.05) is 24.7 Å². The Morgan fingerprint density at radius 2 is 1.74 bits per heavy atom. The second kappa shape index (κ2) is 9.97. The number of fused-ring (bicyclic) bond motifs is 2. The summed E-state index contributed by atoms with van der Waals surface area (Å²) >= 11 is 5.68. The molecular weight excluding hydrogens is 524 g/mol. The first-order valence-corrected chi connectivity index (χ1v) is 13.4. The number of piperidine rings is 1. The van der Waals surface area contributed by atoms with Gasteiger partial charge in [0.1, 0.15) is 17.5 Å². The average molecular weight is 555 g/mol. The van der Waals surface area contributed by atoms with E-state index in [2.05, 4.69) is 9.88 Å². The zero-order chi connectivity index (χ0) is 27.4. The van der Waals surface area contributed by atoms with Crippen molar-refractivity contribution in [2.24, 2.45) is 0 Å². The Morgan fingerprint density at radius 3 is 2.32 bits per heavy atom. The SMILES string of the molecule is CC(C)(C)OC(=O)c1cc(C2CC2)c(CN2[C@@H]3CC[C@H]2C[C@H](Oc2cc(C(F)(F)F)c(Cl)cn2)C3)cc1F. The summed E-state index contributed by atoms with van der Waals surface area (Å²) in [4.78, 5) is 18.9. The lowest BCUT2D eigenvalue weighted by atomic mass is 9.95. The second-order valence-corrected chi connectivity index (χ2v) is 12.0. The highest BCUT2D eigenvalue weighted by molar-refractivity contribution is 6.31. The molecule has 1 aliphatic carbocycles. The molecule has 3 heterocycles. The summed E-state index contributed by atoms with van der Waals surface area (Å²) in [5.74, 6) is -1.02. The first-order valence-electron chi connectivity index (χ1n) is 13.0. The number of benzene rings is 1. The van der Waals surface area contributed by atoms with Crippen molar-refractivity contribution in [3.63, 3.8) is 0 Å². The van der Waals surface area contributed by atoms with Crippen LogP contribution in [0.4, 0.5) is 17.6 Å². The number of hydrogen-bond donors (Lipinski definition) is 0. The number of ether oxygens (including phenoxy) is 2. The summed E-state index contributed by atoms with van der Waals surface area (Å²) in [6, 6.07) is 4.32. The Morgan fingerprint density at radius 1 is 1.08 bits per heavy atom. The molecule has 2 saturated heterocycles. The van der Waals surface area contributed by atoms with E-state index in [1.54, 1.807) is 26.8 Å². The lowest BCUT2D eigenvalue weighted by molar-refractivity contribution is -0.137. The van der Waals surface area contributed by atoms with Gasteiger partial charge in [0.05, 0.1) is 22.3 Å². The molecule has 2 aliphatic heterocycles. The molecule has 10 heteroatoms. The fraction of sp³-hybridized carbons (Fsp3) is 0.571. The van der Waals surface area contributed by atoms with E-state index >= 15 is 4.39 Å². The molecule has 0 amide bonds. The highest BCUT2D eigenvalue weighted by Crippen LogP contribution is 2.45. The Hall–Kier alpha value is -2.39. The highest BCUT2D eigenvalue weighted by atomic mass is 35.5. The van der Waals surface area contributed by atoms with Crippen LogP contribution in [0.25, 0.3) is 0 Å². The van der Waals surface area contributed by atoms with Gasteiger partial charge in [-0.15, -0.1) is 0 Å². The molecule has 0 spiro atoms. The van der Waals surface area contributed by atoms with Gasteiger partial charge in [-0.1, -0.05) is 11.6 Å². The zero-order valence-electron chi connectivity index (χ0n) is 21.6. The maximum absolute atomic E-state index is 15.1. The van der Waals surface area contributed by atoms with Crippen LogP contribution in [0.5, 0.6) is 5.88 Å². The maximum Gasteiger partial charge on any atom is 0.418 e. The van der Waals surface area contributed by atoms with Crippen LogP contribution in [-0.4, -0.2) is 39.6 Å². The molecule has 0 radical (unpaired) electrons. The van der Waals surface area contributed by atoms with Crippen LogP contribution < -0.4 is 4.74 Å². The molecule has 38 heavy (non-hydrogen) atoms. The van der Waals surface area contributed by atoms with Crippen LogP contribution in [0, 0.1) is 5.82 Å². The predicted molar refractivity (Wildman–Crippen MR) is 134 cm³/mol. The molecule has 5 rings (SSSR count). The van der Waals surface area contributed by atoms with E-state index in [1.807, 2.05) is 0 Å². The number of hydrogen-bond acceptors (Lipinski definition) is 5. The molecule has 2 aromatic rings. The first-order chi connectivity index (χ1) is 17.8. The zero-order valence-corrected chi connectivity index (χ0v) is 22.3. The second-order valence-electron chi connectivity index (χ2n) is 11.6. The van der Waals surface area contributed by atoms with Crippen molar-refractivity contribution in [1.82, 2.24) is 9.88 Å². The Kier molecular flexibility index (Phi) is 7.14. The molecular formula is C28H31ClF4N2O3. The monoisotopic (exact) mass is 554 g/mol. The number of carbonyl (C=O) groups is 1. The lowest BCUT2D eigenvalue weighted by Gasteiger charge is -2.39. The maximum atomic E-state index is 15.1. The van der Waals surface area contributed by atoms with E-state index in [0.717, 1.165) is 49.1 Å². The van der Waals surface area contributed by atoms with Crippen LogP contribution >= 0.6 is 11.6 Å². The molecule has 5 nitrogen and oxygen atoms in total. The number of halogens is 5. The molecule has 206 valence electrons. The predicted octanol–water partition coefficient (Wildman–Crippen LogP) is 7.30. The topological polar surface area (TPSA) is 51.7 Å². The van der Waals surface area contributed by atoms with E-state index < -0.39 is 34.1 Å². The minimum atomic E-state index is -4.59. The van der Waals surface area contributed by atoms with Gasteiger partial charge >= 0.3 is 12.1 Å². The van der Waals surface area contributed by atoms with Crippen LogP contribution in [-0.2, 0) is 17.5 Å². The van der Waals surface area contributed by atoms with Crippen molar-refractivity contribution < 1.29 is 31.8 Å². The fourth-order valence-electron chi connectivity index (χ4n) is 5.68. The minimum Gasteiger partial charge on any atom is -0.474 e. The number of nitrogens with zero attached hydrogens (tertiary/aromatic N) is 2. The molecule has 1 saturated carbocycles. The van der Waals surface area contributed by atoms with Crippen molar-refractivity contribution in [1.29, 1.82) is 0 Å². The minimum absolute atomic E-state index is 0.0330. The third-order valence-corrected chi connectivity index (χ3v) is 7.78. The van der Waals surface area contributed by atoms with E-state index in [1.165, 1.54) is 6.07 Å². The molecule has 2 bridgehead atoms. The summed E-state index contributed by atoms with van der Waals surface area (Å²) in [5, 5.41) is -0.462. The Bertz CT molecular complexity index is 1210. The van der Waals surface area contributed by atoms with Gasteiger partial charge < -0.3 is 9.47 Å². The third kappa shape index (κ3) is 5.93. The number of alkyl halides is 3. The van der Waals surface area contributed by atoms with Crippen LogP contribution in [0.1, 0.15) is 92.3 Å². The number of esters is 1. The van der Waals surface area contributed by atoms with Crippen LogP contribution in [0.2, 0.25) is 5.02 Å². The Labute approximate surface area is 224 Å². The molecule has 0 N–H and O–H groups in total. The first kappa shape index (κ1) is 27.2. The highest BCUT2D eigenvalue weighted by Gasteiger charge is 2.43. The van der Waals surface area contributed by atoms with Gasteiger partial charge in [-0.3, -0.25) is 4.90 Å². The van der Waals surface area contributed by atoms with Crippen molar-refractivity contribution in [2.45, 2.75) is 102 Å². The summed E-state index contributed by atoms with van der Waals surface area (Å²) in [6.07, 6.45) is 1.26. The van der Waals surface area contributed by atoms with Gasteiger partial charge in [-0.25, -0.2) is 14.2 Å². The third-order valence-electron chi connectivity index (χ3n) is 7.48. The number of rotatable bonds is 6. The molecule has 0 unspecified atom stereocenters. The largest absolute Gasteiger partial charge is 0.474 e. The van der Waals surface area contributed by atoms with Gasteiger partial charge in [0.2, 0.25) is 5.88 Å². The van der Waals surface area contributed by atoms with Crippen LogP contribution in [0.3, 0.4) is 0 Å². The van der Waals surface area contributed by atoms with Gasteiger partial charge in [-0.2, -0.15) is 13.2 Å². The molecule has 1 aromatic heterocycles. The molecule has 3 fully saturated rings. The fourth-order valence-corrected chi connectivity index (χ4v) is 5.89. The summed E-state index contributed by atoms with van der Waals surface area (Å²) in [5.41, 5.74) is 0.157. The van der Waals surface area contributed by atoms with Crippen molar-refractivity contribution >= 4 is 17.6 Å². The number of aromatic nitrogens is 1. The number of carbonyl (C=O) groups excluding carboxylic acids is 1.